The fourth-order valence-electron chi connectivity index (χ4n) is 5.41. The van der Waals surface area contributed by atoms with E-state index in [1.54, 1.807) is 40.1 Å². The molecule has 3 N–H and O–H groups in total. The summed E-state index contributed by atoms with van der Waals surface area (Å²) >= 11 is 0. The number of carboxylic acid groups (broad SMARTS) is 1. The van der Waals surface area contributed by atoms with Crippen molar-refractivity contribution in [3.05, 3.63) is 59.8 Å². The molecule has 1 aliphatic rings. The van der Waals surface area contributed by atoms with Crippen molar-refractivity contribution in [1.29, 1.82) is 0 Å². The zero-order valence-electron chi connectivity index (χ0n) is 25.5. The number of nitrogens with zero attached hydrogens (tertiary/aromatic N) is 5. The highest BCUT2D eigenvalue weighted by Crippen LogP contribution is 2.39. The Morgan fingerprint density at radius 3 is 2.67 bits per heavy atom. The van der Waals surface area contributed by atoms with Crippen LogP contribution < -0.4 is 20.3 Å². The molecule has 0 bridgehead atoms. The lowest BCUT2D eigenvalue weighted by Gasteiger charge is -2.36. The minimum atomic E-state index is -1.20. The second kappa shape index (κ2) is 12.4. The Bertz CT molecular complexity index is 1780. The van der Waals surface area contributed by atoms with Gasteiger partial charge in [-0.2, -0.15) is 5.10 Å². The van der Waals surface area contributed by atoms with Gasteiger partial charge < -0.3 is 30.1 Å². The van der Waals surface area contributed by atoms with E-state index in [0.717, 1.165) is 0 Å². The van der Waals surface area contributed by atoms with E-state index < -0.39 is 29.4 Å². The molecule has 1 fully saturated rings. The van der Waals surface area contributed by atoms with Gasteiger partial charge in [0.25, 0.3) is 5.91 Å². The number of benzene rings is 2. The van der Waals surface area contributed by atoms with E-state index >= 15 is 0 Å². The number of aromatic carboxylic acids is 1. The number of methoxy groups -OCH3 is 1. The Kier molecular flexibility index (Phi) is 8.57. The third kappa shape index (κ3) is 6.64. The van der Waals surface area contributed by atoms with Crippen molar-refractivity contribution in [2.75, 3.05) is 30.4 Å². The third-order valence-electron chi connectivity index (χ3n) is 7.24. The first kappa shape index (κ1) is 31.2. The van der Waals surface area contributed by atoms with Crippen molar-refractivity contribution >= 4 is 40.2 Å². The zero-order valence-corrected chi connectivity index (χ0v) is 25.5. The highest BCUT2D eigenvalue weighted by Gasteiger charge is 2.30. The lowest BCUT2D eigenvalue weighted by atomic mass is 10.0. The number of amides is 2. The molecule has 3 heterocycles. The molecule has 13 nitrogen and oxygen atoms in total. The number of aromatic nitrogens is 4. The maximum absolute atomic E-state index is 14.8. The number of alkyl carbamates (subject to hydrolysis) is 1. The van der Waals surface area contributed by atoms with Crippen molar-refractivity contribution in [1.82, 2.24) is 25.1 Å². The maximum Gasteiger partial charge on any atom is 0.407 e. The van der Waals surface area contributed by atoms with Crippen molar-refractivity contribution in [2.24, 2.45) is 7.05 Å². The number of hydrogen-bond acceptors (Lipinski definition) is 9. The highest BCUT2D eigenvalue weighted by molar-refractivity contribution is 6.14. The monoisotopic (exact) mass is 619 g/mol. The Labute approximate surface area is 258 Å². The SMILES string of the molecule is COc1cccc(F)c1-c1nccc(C(=O)Nc2cc(C(=O)O)c3c(cnn3C)c2N2CCC[C@@H](NC(=O)OC(C)(C)C)C2)n1. The van der Waals surface area contributed by atoms with E-state index in [0.29, 0.717) is 42.5 Å². The van der Waals surface area contributed by atoms with Crippen LogP contribution in [-0.4, -0.2) is 74.7 Å². The number of aryl methyl sites for hydroxylation is 1. The van der Waals surface area contributed by atoms with Crippen LogP contribution in [0.15, 0.2) is 42.7 Å². The Hall–Kier alpha value is -5.27. The first-order valence-corrected chi connectivity index (χ1v) is 14.3. The predicted molar refractivity (Wildman–Crippen MR) is 164 cm³/mol. The molecule has 0 unspecified atom stereocenters. The maximum atomic E-state index is 14.8. The number of anilines is 2. The van der Waals surface area contributed by atoms with E-state index in [1.165, 1.54) is 42.3 Å². The summed E-state index contributed by atoms with van der Waals surface area (Å²) in [6.07, 6.45) is 3.74. The molecule has 2 amide bonds. The summed E-state index contributed by atoms with van der Waals surface area (Å²) in [5, 5.41) is 20.6. The van der Waals surface area contributed by atoms with Crippen LogP contribution in [0.3, 0.4) is 0 Å². The number of carboxylic acids is 1. The van der Waals surface area contributed by atoms with Crippen LogP contribution in [0.1, 0.15) is 54.5 Å². The quantitative estimate of drug-likeness (QED) is 0.266. The van der Waals surface area contributed by atoms with Crippen LogP contribution in [0.25, 0.3) is 22.3 Å². The average molecular weight is 620 g/mol. The predicted octanol–water partition coefficient (Wildman–Crippen LogP) is 4.62. The summed E-state index contributed by atoms with van der Waals surface area (Å²) in [5.41, 5.74) is 0.303. The molecular weight excluding hydrogens is 585 g/mol. The standard InChI is InChI=1S/C31H34FN7O6/c1-31(2,3)45-30(43)35-17-8-7-13-39(16-17)26-19-15-34-38(4)25(19)18(29(41)42)14-22(26)37-28(40)21-11-12-33-27(36-21)24-20(32)9-6-10-23(24)44-5/h6,9-12,14-15,17H,7-8,13,16H2,1-5H3,(H,35,43)(H,37,40)(H,41,42)/t17-/m1/s1. The molecule has 0 radical (unpaired) electrons. The first-order valence-electron chi connectivity index (χ1n) is 14.3. The zero-order chi connectivity index (χ0) is 32.5. The summed E-state index contributed by atoms with van der Waals surface area (Å²) in [6.45, 7) is 6.28. The van der Waals surface area contributed by atoms with Crippen molar-refractivity contribution in [3.63, 3.8) is 0 Å². The average Bonchev–Trinajstić information content (AvgIpc) is 3.36. The van der Waals surface area contributed by atoms with E-state index in [1.807, 2.05) is 4.90 Å². The number of carbonyl (C=O) groups excluding carboxylic acids is 2. The minimum absolute atomic E-state index is 0.00266. The Morgan fingerprint density at radius 2 is 1.96 bits per heavy atom. The minimum Gasteiger partial charge on any atom is -0.496 e. The van der Waals surface area contributed by atoms with Crippen molar-refractivity contribution in [3.8, 4) is 17.1 Å². The van der Waals surface area contributed by atoms with Gasteiger partial charge in [-0.3, -0.25) is 9.48 Å². The molecule has 45 heavy (non-hydrogen) atoms. The number of rotatable bonds is 7. The van der Waals surface area contributed by atoms with Gasteiger partial charge in [-0.25, -0.2) is 23.9 Å². The molecule has 1 atom stereocenters. The topological polar surface area (TPSA) is 161 Å². The number of halogens is 1. The second-order valence-corrected chi connectivity index (χ2v) is 11.6. The van der Waals surface area contributed by atoms with Gasteiger partial charge in [0.1, 0.15) is 22.9 Å². The van der Waals surface area contributed by atoms with Crippen LogP contribution in [0.4, 0.5) is 20.6 Å². The van der Waals surface area contributed by atoms with Crippen LogP contribution >= 0.6 is 0 Å². The number of nitrogens with one attached hydrogen (secondary N) is 2. The van der Waals surface area contributed by atoms with E-state index in [4.69, 9.17) is 9.47 Å². The number of carbonyl (C=O) groups is 3. The third-order valence-corrected chi connectivity index (χ3v) is 7.24. The molecule has 2 aromatic heterocycles. The Balaban J connectivity index is 1.53. The van der Waals surface area contributed by atoms with Gasteiger partial charge in [-0.05, 0) is 57.9 Å². The number of ether oxygens (including phenoxy) is 2. The largest absolute Gasteiger partial charge is 0.496 e. The van der Waals surface area contributed by atoms with E-state index in [9.17, 15) is 23.9 Å². The molecule has 0 spiro atoms. The molecule has 236 valence electrons. The lowest BCUT2D eigenvalue weighted by Crippen LogP contribution is -2.49. The van der Waals surface area contributed by atoms with Gasteiger partial charge >= 0.3 is 12.1 Å². The molecule has 4 aromatic rings. The Morgan fingerprint density at radius 1 is 1.18 bits per heavy atom. The number of hydrogen-bond donors (Lipinski definition) is 3. The van der Waals surface area contributed by atoms with Crippen molar-refractivity contribution < 1.29 is 33.4 Å². The summed E-state index contributed by atoms with van der Waals surface area (Å²) in [5.74, 6) is -2.36. The molecule has 0 saturated carbocycles. The lowest BCUT2D eigenvalue weighted by molar-refractivity contribution is 0.0499. The van der Waals surface area contributed by atoms with E-state index in [2.05, 4.69) is 25.7 Å². The number of piperidine rings is 1. The normalized spacial score (nSPS) is 15.1. The fraction of sp³-hybridized carbons (Fsp3) is 0.355. The van der Waals surface area contributed by atoms with Gasteiger partial charge in [0, 0.05) is 37.8 Å². The smallest absolute Gasteiger partial charge is 0.407 e. The van der Waals surface area contributed by atoms with Gasteiger partial charge in [0.2, 0.25) is 0 Å². The van der Waals surface area contributed by atoms with Gasteiger partial charge in [-0.15, -0.1) is 0 Å². The molecule has 5 rings (SSSR count). The first-order chi connectivity index (χ1) is 21.4. The summed E-state index contributed by atoms with van der Waals surface area (Å²) in [4.78, 5) is 48.9. The van der Waals surface area contributed by atoms with Crippen LogP contribution in [0.5, 0.6) is 5.75 Å². The molecule has 1 aliphatic heterocycles. The molecule has 1 saturated heterocycles. The van der Waals surface area contributed by atoms with Crippen LogP contribution in [-0.2, 0) is 11.8 Å². The van der Waals surface area contributed by atoms with Gasteiger partial charge in [0.15, 0.2) is 5.82 Å². The van der Waals surface area contributed by atoms with Gasteiger partial charge in [0.05, 0.1) is 41.3 Å². The molecule has 14 heteroatoms. The van der Waals surface area contributed by atoms with Crippen LogP contribution in [0, 0.1) is 5.82 Å². The number of fused-ring (bicyclic) bond motifs is 1. The van der Waals surface area contributed by atoms with E-state index in [-0.39, 0.29) is 40.1 Å². The van der Waals surface area contributed by atoms with Gasteiger partial charge in [-0.1, -0.05) is 6.07 Å². The fourth-order valence-corrected chi connectivity index (χ4v) is 5.41. The van der Waals surface area contributed by atoms with Crippen molar-refractivity contribution in [2.45, 2.75) is 45.3 Å². The summed E-state index contributed by atoms with van der Waals surface area (Å²) in [6, 6.07) is 6.75. The highest BCUT2D eigenvalue weighted by atomic mass is 19.1. The molecule has 0 aliphatic carbocycles. The summed E-state index contributed by atoms with van der Waals surface area (Å²) < 4.78 is 26.9. The molecular formula is C31H34FN7O6. The summed E-state index contributed by atoms with van der Waals surface area (Å²) in [7, 11) is 3.03. The van der Waals surface area contributed by atoms with Crippen LogP contribution in [0.2, 0.25) is 0 Å². The second-order valence-electron chi connectivity index (χ2n) is 11.6. The molecule has 2 aromatic carbocycles.